The Balaban J connectivity index is 1.52. The van der Waals surface area contributed by atoms with Crippen molar-refractivity contribution in [2.75, 3.05) is 0 Å². The molecular weight excluding hydrogens is 438 g/mol. The molecule has 0 saturated carbocycles. The lowest BCUT2D eigenvalue weighted by atomic mass is 10.0. The van der Waals surface area contributed by atoms with E-state index in [0.717, 1.165) is 11.1 Å². The van der Waals surface area contributed by atoms with Crippen LogP contribution in [0.3, 0.4) is 0 Å². The fourth-order valence-electron chi connectivity index (χ4n) is 5.86. The third-order valence-electron chi connectivity index (χ3n) is 7.40. The highest BCUT2D eigenvalue weighted by Gasteiger charge is 2.17. The van der Waals surface area contributed by atoms with Gasteiger partial charge in [-0.2, -0.15) is 0 Å². The average Bonchev–Trinajstić information content (AvgIpc) is 3.53. The molecule has 0 aliphatic carbocycles. The quantitative estimate of drug-likeness (QED) is 0.254. The van der Waals surface area contributed by atoms with Gasteiger partial charge in [0, 0.05) is 50.4 Å². The predicted molar refractivity (Wildman–Crippen MR) is 150 cm³/mol. The summed E-state index contributed by atoms with van der Waals surface area (Å²) in [7, 11) is 0. The maximum Gasteiger partial charge on any atom is 0.0718 e. The number of nitrogens with zero attached hydrogens (tertiary/aromatic N) is 3. The van der Waals surface area contributed by atoms with Crippen LogP contribution in [-0.2, 0) is 0 Å². The summed E-state index contributed by atoms with van der Waals surface area (Å²) >= 11 is 0. The molecule has 0 amide bonds. The summed E-state index contributed by atoms with van der Waals surface area (Å²) in [4.78, 5) is 4.56. The fraction of sp³-hybridized carbons (Fsp3) is 0. The van der Waals surface area contributed by atoms with Crippen LogP contribution in [0.25, 0.3) is 65.6 Å². The van der Waals surface area contributed by atoms with E-state index in [1.807, 2.05) is 12.4 Å². The molecule has 36 heavy (non-hydrogen) atoms. The van der Waals surface area contributed by atoms with Crippen molar-refractivity contribution >= 4 is 54.3 Å². The predicted octanol–water partition coefficient (Wildman–Crippen LogP) is 8.43. The lowest BCUT2D eigenvalue weighted by Crippen LogP contribution is -1.96. The van der Waals surface area contributed by atoms with E-state index >= 15 is 0 Å². The van der Waals surface area contributed by atoms with Crippen molar-refractivity contribution in [2.45, 2.75) is 0 Å². The van der Waals surface area contributed by atoms with Crippen molar-refractivity contribution in [3.63, 3.8) is 0 Å². The molecule has 0 N–H and O–H groups in total. The Morgan fingerprint density at radius 2 is 1.28 bits per heavy atom. The largest absolute Gasteiger partial charge is 0.314 e. The molecule has 0 saturated heterocycles. The van der Waals surface area contributed by atoms with Crippen molar-refractivity contribution in [1.82, 2.24) is 14.1 Å². The van der Waals surface area contributed by atoms with Crippen molar-refractivity contribution < 1.29 is 0 Å². The summed E-state index contributed by atoms with van der Waals surface area (Å²) in [6, 6.07) is 39.1. The summed E-state index contributed by atoms with van der Waals surface area (Å²) in [5, 5.41) is 8.63. The zero-order valence-electron chi connectivity index (χ0n) is 19.5. The third kappa shape index (κ3) is 2.60. The lowest BCUT2D eigenvalue weighted by molar-refractivity contribution is 1.12. The summed E-state index contributed by atoms with van der Waals surface area (Å²) in [5.74, 6) is 0. The van der Waals surface area contributed by atoms with E-state index in [1.165, 1.54) is 54.6 Å². The van der Waals surface area contributed by atoms with Crippen LogP contribution < -0.4 is 0 Å². The van der Waals surface area contributed by atoms with Crippen LogP contribution in [-0.4, -0.2) is 14.1 Å². The van der Waals surface area contributed by atoms with Gasteiger partial charge in [-0.05, 0) is 35.7 Å². The van der Waals surface area contributed by atoms with Gasteiger partial charge in [-0.15, -0.1) is 0 Å². The topological polar surface area (TPSA) is 22.8 Å². The van der Waals surface area contributed by atoms with Gasteiger partial charge in [-0.25, -0.2) is 0 Å². The van der Waals surface area contributed by atoms with Crippen LogP contribution in [0.15, 0.2) is 128 Å². The van der Waals surface area contributed by atoms with Gasteiger partial charge in [0.05, 0.1) is 28.4 Å². The molecule has 0 atom stereocenters. The van der Waals surface area contributed by atoms with Gasteiger partial charge in [0.15, 0.2) is 0 Å². The van der Waals surface area contributed by atoms with E-state index < -0.39 is 0 Å². The van der Waals surface area contributed by atoms with Crippen LogP contribution in [0.4, 0.5) is 0 Å². The zero-order valence-corrected chi connectivity index (χ0v) is 19.5. The molecule has 0 unspecified atom stereocenters. The highest BCUT2D eigenvalue weighted by molar-refractivity contribution is 6.25. The van der Waals surface area contributed by atoms with Crippen LogP contribution in [0.1, 0.15) is 0 Å². The molecule has 8 rings (SSSR count). The molecule has 3 heterocycles. The van der Waals surface area contributed by atoms with Crippen LogP contribution >= 0.6 is 0 Å². The molecule has 5 aromatic carbocycles. The van der Waals surface area contributed by atoms with Gasteiger partial charge in [-0.1, -0.05) is 78.9 Å². The summed E-state index contributed by atoms with van der Waals surface area (Å²) in [5.41, 5.74) is 5.93. The normalized spacial score (nSPS) is 11.9. The molecule has 168 valence electrons. The standard InChI is InChI=1S/C33H21N3/c1-2-9-24(10-3-1)36-29-13-7-6-12-28(29)32-26-15-14-22-18-19-35(33(22)27(26)16-17-30(32)36)31-21-34-20-23-8-4-5-11-25(23)31/h1-21H. The molecule has 0 bridgehead atoms. The van der Waals surface area contributed by atoms with Gasteiger partial charge in [-0.3, -0.25) is 4.98 Å². The number of para-hydroxylation sites is 2. The van der Waals surface area contributed by atoms with Crippen molar-refractivity contribution in [1.29, 1.82) is 0 Å². The van der Waals surface area contributed by atoms with E-state index in [-0.39, 0.29) is 0 Å². The zero-order chi connectivity index (χ0) is 23.6. The van der Waals surface area contributed by atoms with Gasteiger partial charge in [0.2, 0.25) is 0 Å². The Morgan fingerprint density at radius 1 is 0.500 bits per heavy atom. The smallest absolute Gasteiger partial charge is 0.0718 e. The Kier molecular flexibility index (Phi) is 3.94. The number of rotatable bonds is 2. The van der Waals surface area contributed by atoms with Crippen molar-refractivity contribution in [2.24, 2.45) is 0 Å². The maximum atomic E-state index is 4.56. The molecule has 8 aromatic rings. The Hall–Kier alpha value is -4.89. The first kappa shape index (κ1) is 19.4. The second kappa shape index (κ2) is 7.30. The molecule has 0 aliphatic heterocycles. The second-order valence-corrected chi connectivity index (χ2v) is 9.31. The van der Waals surface area contributed by atoms with Crippen LogP contribution in [0, 0.1) is 0 Å². The first-order chi connectivity index (χ1) is 17.9. The van der Waals surface area contributed by atoms with Crippen LogP contribution in [0.2, 0.25) is 0 Å². The maximum absolute atomic E-state index is 4.56. The molecule has 3 heteroatoms. The molecule has 0 radical (unpaired) electrons. The van der Waals surface area contributed by atoms with E-state index in [9.17, 15) is 0 Å². The monoisotopic (exact) mass is 459 g/mol. The lowest BCUT2D eigenvalue weighted by Gasteiger charge is -2.12. The van der Waals surface area contributed by atoms with Crippen molar-refractivity contribution in [3.05, 3.63) is 128 Å². The van der Waals surface area contributed by atoms with Crippen LogP contribution in [0.5, 0.6) is 0 Å². The molecule has 0 aliphatic rings. The first-order valence-corrected chi connectivity index (χ1v) is 12.2. The summed E-state index contributed by atoms with van der Waals surface area (Å²) < 4.78 is 4.68. The minimum atomic E-state index is 1.10. The molecule has 0 fully saturated rings. The Bertz CT molecular complexity index is 2090. The van der Waals surface area contributed by atoms with Gasteiger partial charge < -0.3 is 9.13 Å². The number of hydrogen-bond acceptors (Lipinski definition) is 1. The SMILES string of the molecule is c1ccc(-n2c3ccccc3c3c4ccc5ccn(-c6cncc7ccccc67)c5c4ccc32)cc1. The average molecular weight is 460 g/mol. The number of aromatic nitrogens is 3. The summed E-state index contributed by atoms with van der Waals surface area (Å²) in [6.07, 6.45) is 6.08. The molecule has 3 aromatic heterocycles. The Morgan fingerprint density at radius 3 is 2.19 bits per heavy atom. The minimum Gasteiger partial charge on any atom is -0.314 e. The molecule has 3 nitrogen and oxygen atoms in total. The number of pyridine rings is 1. The van der Waals surface area contributed by atoms with Gasteiger partial charge in [0.25, 0.3) is 0 Å². The van der Waals surface area contributed by atoms with Gasteiger partial charge in [0.1, 0.15) is 0 Å². The number of benzene rings is 5. The molecular formula is C33H21N3. The van der Waals surface area contributed by atoms with Gasteiger partial charge >= 0.3 is 0 Å². The second-order valence-electron chi connectivity index (χ2n) is 9.31. The number of hydrogen-bond donors (Lipinski definition) is 0. The fourth-order valence-corrected chi connectivity index (χ4v) is 5.86. The van der Waals surface area contributed by atoms with E-state index in [0.29, 0.717) is 0 Å². The molecule has 0 spiro atoms. The third-order valence-corrected chi connectivity index (χ3v) is 7.40. The highest BCUT2D eigenvalue weighted by Crippen LogP contribution is 2.40. The van der Waals surface area contributed by atoms with E-state index in [1.54, 1.807) is 0 Å². The number of fused-ring (bicyclic) bond motifs is 8. The van der Waals surface area contributed by atoms with Crippen molar-refractivity contribution in [3.8, 4) is 11.4 Å². The Labute approximate surface area is 207 Å². The summed E-state index contributed by atoms with van der Waals surface area (Å²) in [6.45, 7) is 0. The van der Waals surface area contributed by atoms with E-state index in [4.69, 9.17) is 0 Å². The van der Waals surface area contributed by atoms with E-state index in [2.05, 4.69) is 130 Å². The minimum absolute atomic E-state index is 1.10. The first-order valence-electron chi connectivity index (χ1n) is 12.2. The highest BCUT2D eigenvalue weighted by atomic mass is 15.0.